The fraction of sp³-hybridized carbons (Fsp3) is 0.853. The van der Waals surface area contributed by atoms with Gasteiger partial charge in [-0.15, -0.1) is 0 Å². The number of phosphoric acid groups is 1. The minimum Gasteiger partial charge on any atom is -0.480 e. The van der Waals surface area contributed by atoms with E-state index in [0.29, 0.717) is 12.8 Å². The molecule has 0 aliphatic rings. The van der Waals surface area contributed by atoms with E-state index in [1.54, 1.807) is 0 Å². The quantitative estimate of drug-likeness (QED) is 0.0265. The van der Waals surface area contributed by atoms with E-state index in [0.717, 1.165) is 57.8 Å². The van der Waals surface area contributed by atoms with Crippen LogP contribution in [0.4, 0.5) is 0 Å². The molecule has 0 bridgehead atoms. The monoisotopic (exact) mass is 677 g/mol. The van der Waals surface area contributed by atoms with Crippen LogP contribution in [0.2, 0.25) is 0 Å². The number of rotatable bonds is 33. The molecule has 0 aromatic heterocycles. The summed E-state index contributed by atoms with van der Waals surface area (Å²) in [6.07, 6.45) is 25.9. The molecule has 0 fully saturated rings. The average molecular weight is 678 g/mol. The van der Waals surface area contributed by atoms with Crippen LogP contribution >= 0.6 is 7.82 Å². The van der Waals surface area contributed by atoms with Crippen molar-refractivity contribution in [2.75, 3.05) is 19.8 Å². The number of carboxylic acid groups (broad SMARTS) is 1. The van der Waals surface area contributed by atoms with Crippen LogP contribution in [-0.2, 0) is 37.5 Å². The van der Waals surface area contributed by atoms with Crippen molar-refractivity contribution in [2.24, 2.45) is 5.73 Å². The number of unbranched alkanes of at least 4 members (excludes halogenated alkanes) is 17. The highest BCUT2D eigenvalue weighted by molar-refractivity contribution is 7.47. The van der Waals surface area contributed by atoms with E-state index in [1.807, 2.05) is 0 Å². The lowest BCUT2D eigenvalue weighted by Crippen LogP contribution is -2.34. The second-order valence-corrected chi connectivity index (χ2v) is 13.5. The van der Waals surface area contributed by atoms with Gasteiger partial charge in [0.15, 0.2) is 6.10 Å². The van der Waals surface area contributed by atoms with E-state index >= 15 is 0 Å². The minimum atomic E-state index is -4.70. The summed E-state index contributed by atoms with van der Waals surface area (Å²) in [6, 6.07) is -1.52. The van der Waals surface area contributed by atoms with Crippen LogP contribution in [0.25, 0.3) is 0 Å². The van der Waals surface area contributed by atoms with Crippen molar-refractivity contribution >= 4 is 25.7 Å². The molecular weight excluding hydrogens is 613 g/mol. The van der Waals surface area contributed by atoms with Gasteiger partial charge >= 0.3 is 25.7 Å². The summed E-state index contributed by atoms with van der Waals surface area (Å²) >= 11 is 0. The van der Waals surface area contributed by atoms with Gasteiger partial charge in [-0.3, -0.25) is 23.4 Å². The molecule has 0 aliphatic carbocycles. The molecule has 4 N–H and O–H groups in total. The Morgan fingerprint density at radius 3 is 1.59 bits per heavy atom. The number of allylic oxidation sites excluding steroid dienone is 2. The first-order chi connectivity index (χ1) is 22.1. The zero-order valence-electron chi connectivity index (χ0n) is 28.7. The van der Waals surface area contributed by atoms with Gasteiger partial charge in [0.1, 0.15) is 12.6 Å². The summed E-state index contributed by atoms with van der Waals surface area (Å²) in [5, 5.41) is 8.82. The number of carbonyl (C=O) groups excluding carboxylic acids is 2. The number of phosphoric ester groups is 1. The Morgan fingerprint density at radius 1 is 0.652 bits per heavy atom. The first-order valence-electron chi connectivity index (χ1n) is 17.7. The molecule has 0 amide bonds. The van der Waals surface area contributed by atoms with Crippen molar-refractivity contribution in [1.29, 1.82) is 0 Å². The summed E-state index contributed by atoms with van der Waals surface area (Å²) in [4.78, 5) is 45.4. The molecule has 0 aromatic rings. The molecule has 0 saturated heterocycles. The third kappa shape index (κ3) is 29.6. The van der Waals surface area contributed by atoms with E-state index in [-0.39, 0.29) is 19.4 Å². The lowest BCUT2D eigenvalue weighted by Gasteiger charge is -2.20. The molecular formula is C34H64NO10P. The van der Waals surface area contributed by atoms with Gasteiger partial charge < -0.3 is 25.2 Å². The van der Waals surface area contributed by atoms with Crippen molar-refractivity contribution in [3.8, 4) is 0 Å². The third-order valence-corrected chi connectivity index (χ3v) is 8.46. The number of carbonyl (C=O) groups is 3. The first kappa shape index (κ1) is 44.2. The van der Waals surface area contributed by atoms with Gasteiger partial charge in [0, 0.05) is 12.8 Å². The van der Waals surface area contributed by atoms with Crippen LogP contribution in [0.15, 0.2) is 12.2 Å². The summed E-state index contributed by atoms with van der Waals surface area (Å²) < 4.78 is 32.4. The van der Waals surface area contributed by atoms with Gasteiger partial charge in [0.05, 0.1) is 13.2 Å². The molecule has 0 aliphatic heterocycles. The maximum absolute atomic E-state index is 12.5. The molecule has 0 spiro atoms. The number of ether oxygens (including phenoxy) is 2. The van der Waals surface area contributed by atoms with Crippen LogP contribution in [-0.4, -0.2) is 59.9 Å². The second kappa shape index (κ2) is 30.5. The molecule has 12 heteroatoms. The Bertz CT molecular complexity index is 854. The molecule has 46 heavy (non-hydrogen) atoms. The Balaban J connectivity index is 4.43. The topological polar surface area (TPSA) is 172 Å². The molecule has 0 rings (SSSR count). The minimum absolute atomic E-state index is 0.154. The molecule has 11 nitrogen and oxygen atoms in total. The van der Waals surface area contributed by atoms with E-state index < -0.39 is 51.1 Å². The summed E-state index contributed by atoms with van der Waals surface area (Å²) in [5.41, 5.74) is 5.29. The van der Waals surface area contributed by atoms with Crippen molar-refractivity contribution < 1.29 is 47.5 Å². The highest BCUT2D eigenvalue weighted by atomic mass is 31.2. The van der Waals surface area contributed by atoms with Crippen LogP contribution < -0.4 is 5.73 Å². The molecule has 270 valence electrons. The molecule has 0 aromatic carbocycles. The van der Waals surface area contributed by atoms with Crippen LogP contribution in [0.3, 0.4) is 0 Å². The molecule has 0 heterocycles. The molecule has 0 radical (unpaired) electrons. The van der Waals surface area contributed by atoms with E-state index in [1.165, 1.54) is 57.8 Å². The lowest BCUT2D eigenvalue weighted by atomic mass is 10.1. The van der Waals surface area contributed by atoms with E-state index in [2.05, 4.69) is 30.5 Å². The highest BCUT2D eigenvalue weighted by Gasteiger charge is 2.28. The largest absolute Gasteiger partial charge is 0.480 e. The normalized spacial score (nSPS) is 14.2. The smallest absolute Gasteiger partial charge is 0.472 e. The number of hydrogen-bond donors (Lipinski definition) is 3. The molecule has 3 unspecified atom stereocenters. The average Bonchev–Trinajstić information content (AvgIpc) is 3.02. The summed E-state index contributed by atoms with van der Waals surface area (Å²) in [5.74, 6) is -2.39. The third-order valence-electron chi connectivity index (χ3n) is 7.51. The highest BCUT2D eigenvalue weighted by Crippen LogP contribution is 2.43. The Kier molecular flexibility index (Phi) is 29.4. The van der Waals surface area contributed by atoms with Crippen LogP contribution in [0, 0.1) is 0 Å². The first-order valence-corrected chi connectivity index (χ1v) is 19.2. The maximum atomic E-state index is 12.5. The zero-order valence-corrected chi connectivity index (χ0v) is 29.6. The van der Waals surface area contributed by atoms with Gasteiger partial charge in [-0.05, 0) is 38.5 Å². The predicted molar refractivity (Wildman–Crippen MR) is 180 cm³/mol. The van der Waals surface area contributed by atoms with E-state index in [4.69, 9.17) is 24.8 Å². The lowest BCUT2D eigenvalue weighted by molar-refractivity contribution is -0.161. The second-order valence-electron chi connectivity index (χ2n) is 12.0. The Hall–Kier alpha value is -1.78. The maximum Gasteiger partial charge on any atom is 0.472 e. The van der Waals surface area contributed by atoms with Crippen molar-refractivity contribution in [1.82, 2.24) is 0 Å². The van der Waals surface area contributed by atoms with Crippen LogP contribution in [0.1, 0.15) is 155 Å². The zero-order chi connectivity index (χ0) is 34.3. The number of nitrogens with two attached hydrogens (primary N) is 1. The summed E-state index contributed by atoms with van der Waals surface area (Å²) in [6.45, 7) is 2.71. The van der Waals surface area contributed by atoms with Gasteiger partial charge in [0.2, 0.25) is 0 Å². The Morgan fingerprint density at radius 2 is 1.09 bits per heavy atom. The number of carboxylic acids is 1. The van der Waals surface area contributed by atoms with Gasteiger partial charge in [-0.25, -0.2) is 4.57 Å². The van der Waals surface area contributed by atoms with Crippen molar-refractivity contribution in [3.05, 3.63) is 12.2 Å². The fourth-order valence-corrected chi connectivity index (χ4v) is 5.42. The van der Waals surface area contributed by atoms with Gasteiger partial charge in [-0.1, -0.05) is 116 Å². The predicted octanol–water partition coefficient (Wildman–Crippen LogP) is 8.17. The molecule has 0 saturated carbocycles. The number of hydrogen-bond acceptors (Lipinski definition) is 9. The van der Waals surface area contributed by atoms with E-state index in [9.17, 15) is 23.8 Å². The van der Waals surface area contributed by atoms with Crippen molar-refractivity contribution in [3.63, 3.8) is 0 Å². The van der Waals surface area contributed by atoms with Crippen molar-refractivity contribution in [2.45, 2.75) is 167 Å². The number of esters is 2. The standard InChI is InChI=1S/C34H64NO10P/c1-3-5-7-9-11-12-13-14-15-16-17-18-20-22-24-26-33(37)45-30(28-43-46(40,41)44-29-31(35)34(38)39)27-42-32(36)25-23-21-19-10-8-6-4-2/h14-15,30-31H,3-13,16-29,35H2,1-2H3,(H,38,39)(H,40,41)/b15-14-. The van der Waals surface area contributed by atoms with Gasteiger partial charge in [-0.2, -0.15) is 0 Å². The Labute approximate surface area is 278 Å². The molecule has 3 atom stereocenters. The van der Waals surface area contributed by atoms with Crippen LogP contribution in [0.5, 0.6) is 0 Å². The van der Waals surface area contributed by atoms with Gasteiger partial charge in [0.25, 0.3) is 0 Å². The SMILES string of the molecule is CCCCCCCC/C=C\CCCCCCCC(=O)OC(COC(=O)CCCCCCCCC)COP(=O)(O)OCC(N)C(=O)O. The summed E-state index contributed by atoms with van der Waals surface area (Å²) in [7, 11) is -4.70. The number of aliphatic carboxylic acids is 1. The fourth-order valence-electron chi connectivity index (χ4n) is 4.65.